The number of nitrogens with zero attached hydrogens (tertiary/aromatic N) is 1. The number of carbonyl (C=O) groups is 1. The Kier molecular flexibility index (Phi) is 6.97. The quantitative estimate of drug-likeness (QED) is 0.574. The van der Waals surface area contributed by atoms with Crippen LogP contribution in [0.3, 0.4) is 0 Å². The SMILES string of the molecule is CCC(NC(=O)CN(C)S(=O)(=O)c1ccc2ccccc2c1)c1ccc(OC)c(C)c1. The highest BCUT2D eigenvalue weighted by atomic mass is 32.2. The molecule has 0 fully saturated rings. The minimum Gasteiger partial charge on any atom is -0.496 e. The van der Waals surface area contributed by atoms with Crippen molar-refractivity contribution in [2.45, 2.75) is 31.2 Å². The third kappa shape index (κ3) is 5.06. The number of fused-ring (bicyclic) bond motifs is 1. The highest BCUT2D eigenvalue weighted by molar-refractivity contribution is 7.89. The van der Waals surface area contributed by atoms with Gasteiger partial charge in [-0.25, -0.2) is 8.42 Å². The van der Waals surface area contributed by atoms with Crippen LogP contribution < -0.4 is 10.1 Å². The standard InChI is InChI=1S/C24H28N2O4S/c1-5-22(20-11-13-23(30-4)17(2)14-20)25-24(27)16-26(3)31(28,29)21-12-10-18-8-6-7-9-19(18)15-21/h6-15,22H,5,16H2,1-4H3,(H,25,27). The van der Waals surface area contributed by atoms with Crippen molar-refractivity contribution in [1.29, 1.82) is 0 Å². The van der Waals surface area contributed by atoms with E-state index in [1.807, 2.05) is 56.3 Å². The molecule has 1 amide bonds. The molecular weight excluding hydrogens is 412 g/mol. The topological polar surface area (TPSA) is 75.7 Å². The molecule has 31 heavy (non-hydrogen) atoms. The summed E-state index contributed by atoms with van der Waals surface area (Å²) in [7, 11) is -0.755. The summed E-state index contributed by atoms with van der Waals surface area (Å²) in [4.78, 5) is 12.8. The van der Waals surface area contributed by atoms with Gasteiger partial charge >= 0.3 is 0 Å². The molecule has 1 atom stereocenters. The van der Waals surface area contributed by atoms with Crippen molar-refractivity contribution >= 4 is 26.7 Å². The minimum absolute atomic E-state index is 0.166. The summed E-state index contributed by atoms with van der Waals surface area (Å²) in [5.41, 5.74) is 1.93. The van der Waals surface area contributed by atoms with Gasteiger partial charge in [0.05, 0.1) is 24.6 Å². The molecule has 0 bridgehead atoms. The van der Waals surface area contributed by atoms with Crippen molar-refractivity contribution < 1.29 is 17.9 Å². The number of sulfonamides is 1. The molecule has 1 unspecified atom stereocenters. The third-order valence-corrected chi connectivity index (χ3v) is 7.16. The lowest BCUT2D eigenvalue weighted by Gasteiger charge is -2.22. The van der Waals surface area contributed by atoms with Crippen LogP contribution in [0.15, 0.2) is 65.6 Å². The van der Waals surface area contributed by atoms with Gasteiger partial charge in [0.25, 0.3) is 0 Å². The van der Waals surface area contributed by atoms with E-state index < -0.39 is 10.0 Å². The largest absolute Gasteiger partial charge is 0.496 e. The van der Waals surface area contributed by atoms with Gasteiger partial charge in [0, 0.05) is 7.05 Å². The van der Waals surface area contributed by atoms with E-state index in [0.29, 0.717) is 6.42 Å². The molecule has 3 aromatic carbocycles. The molecule has 0 saturated heterocycles. The average molecular weight is 441 g/mol. The van der Waals surface area contributed by atoms with Crippen LogP contribution in [0.1, 0.15) is 30.5 Å². The molecule has 0 aromatic heterocycles. The zero-order valence-electron chi connectivity index (χ0n) is 18.3. The van der Waals surface area contributed by atoms with Crippen LogP contribution in [-0.2, 0) is 14.8 Å². The van der Waals surface area contributed by atoms with Crippen LogP contribution in [-0.4, -0.2) is 39.3 Å². The van der Waals surface area contributed by atoms with E-state index in [2.05, 4.69) is 5.32 Å². The summed E-state index contributed by atoms with van der Waals surface area (Å²) in [6, 6.07) is 18.1. The average Bonchev–Trinajstić information content (AvgIpc) is 2.76. The van der Waals surface area contributed by atoms with Gasteiger partial charge in [0.15, 0.2) is 0 Å². The van der Waals surface area contributed by atoms with Gasteiger partial charge in [-0.1, -0.05) is 49.4 Å². The van der Waals surface area contributed by atoms with Crippen LogP contribution in [0.2, 0.25) is 0 Å². The zero-order chi connectivity index (χ0) is 22.6. The number of amides is 1. The maximum Gasteiger partial charge on any atom is 0.243 e. The summed E-state index contributed by atoms with van der Waals surface area (Å²) in [6.45, 7) is 3.65. The third-order valence-electron chi connectivity index (χ3n) is 5.36. The van der Waals surface area contributed by atoms with Crippen molar-refractivity contribution in [3.05, 3.63) is 71.8 Å². The lowest BCUT2D eigenvalue weighted by Crippen LogP contribution is -2.39. The molecule has 164 valence electrons. The van der Waals surface area contributed by atoms with E-state index >= 15 is 0 Å². The van der Waals surface area contributed by atoms with Gasteiger partial charge in [-0.2, -0.15) is 4.31 Å². The first-order chi connectivity index (χ1) is 14.8. The predicted molar refractivity (Wildman–Crippen MR) is 123 cm³/mol. The number of likely N-dealkylation sites (N-methyl/N-ethyl adjacent to an activating group) is 1. The first-order valence-corrected chi connectivity index (χ1v) is 11.6. The number of nitrogens with one attached hydrogen (secondary N) is 1. The van der Waals surface area contributed by atoms with Crippen LogP contribution in [0.4, 0.5) is 0 Å². The summed E-state index contributed by atoms with van der Waals surface area (Å²) in [5.74, 6) is 0.429. The predicted octanol–water partition coefficient (Wildman–Crippen LogP) is 4.04. The van der Waals surface area contributed by atoms with E-state index in [1.165, 1.54) is 7.05 Å². The molecule has 0 aliphatic rings. The van der Waals surface area contributed by atoms with E-state index in [4.69, 9.17) is 4.74 Å². The maximum atomic E-state index is 13.0. The Morgan fingerprint density at radius 3 is 2.42 bits per heavy atom. The summed E-state index contributed by atoms with van der Waals surface area (Å²) >= 11 is 0. The fourth-order valence-electron chi connectivity index (χ4n) is 3.57. The van der Waals surface area contributed by atoms with Crippen LogP contribution >= 0.6 is 0 Å². The Hall–Kier alpha value is -2.90. The van der Waals surface area contributed by atoms with Crippen LogP contribution in [0.5, 0.6) is 5.75 Å². The number of rotatable bonds is 8. The maximum absolute atomic E-state index is 13.0. The number of methoxy groups -OCH3 is 1. The minimum atomic E-state index is -3.79. The molecule has 0 aliphatic heterocycles. The molecule has 0 radical (unpaired) electrons. The molecule has 0 heterocycles. The van der Waals surface area contributed by atoms with Gasteiger partial charge in [-0.05, 0) is 53.4 Å². The summed E-state index contributed by atoms with van der Waals surface area (Å²) in [6.07, 6.45) is 0.679. The second-order valence-corrected chi connectivity index (χ2v) is 9.57. The Balaban J connectivity index is 1.72. The van der Waals surface area contributed by atoms with Crippen LogP contribution in [0, 0.1) is 6.92 Å². The van der Waals surface area contributed by atoms with Crippen molar-refractivity contribution in [2.75, 3.05) is 20.7 Å². The Morgan fingerprint density at radius 2 is 1.77 bits per heavy atom. The fourth-order valence-corrected chi connectivity index (χ4v) is 4.74. The fraction of sp³-hybridized carbons (Fsp3) is 0.292. The number of carbonyl (C=O) groups excluding carboxylic acids is 1. The smallest absolute Gasteiger partial charge is 0.243 e. The summed E-state index contributed by atoms with van der Waals surface area (Å²) < 4.78 is 32.3. The highest BCUT2D eigenvalue weighted by Gasteiger charge is 2.24. The number of benzene rings is 3. The monoisotopic (exact) mass is 440 g/mol. The van der Waals surface area contributed by atoms with Gasteiger partial charge in [0.2, 0.25) is 15.9 Å². The second kappa shape index (κ2) is 9.49. The lowest BCUT2D eigenvalue weighted by atomic mass is 10.0. The van der Waals surface area contributed by atoms with Crippen molar-refractivity contribution in [3.63, 3.8) is 0 Å². The molecule has 3 rings (SSSR count). The van der Waals surface area contributed by atoms with E-state index in [0.717, 1.165) is 32.0 Å². The molecule has 0 spiro atoms. The molecule has 0 aliphatic carbocycles. The molecule has 1 N–H and O–H groups in total. The normalized spacial score (nSPS) is 12.7. The van der Waals surface area contributed by atoms with Gasteiger partial charge in [-0.15, -0.1) is 0 Å². The van der Waals surface area contributed by atoms with E-state index in [9.17, 15) is 13.2 Å². The molecule has 6 nitrogen and oxygen atoms in total. The van der Waals surface area contributed by atoms with Crippen molar-refractivity contribution in [2.24, 2.45) is 0 Å². The number of ether oxygens (including phenoxy) is 1. The van der Waals surface area contributed by atoms with Gasteiger partial charge < -0.3 is 10.1 Å². The van der Waals surface area contributed by atoms with E-state index in [1.54, 1.807) is 25.3 Å². The second-order valence-electron chi connectivity index (χ2n) is 7.53. The van der Waals surface area contributed by atoms with Crippen LogP contribution in [0.25, 0.3) is 10.8 Å². The van der Waals surface area contributed by atoms with Gasteiger partial charge in [-0.3, -0.25) is 4.79 Å². The zero-order valence-corrected chi connectivity index (χ0v) is 19.1. The number of hydrogen-bond donors (Lipinski definition) is 1. The number of hydrogen-bond acceptors (Lipinski definition) is 4. The summed E-state index contributed by atoms with van der Waals surface area (Å²) in [5, 5.41) is 4.74. The van der Waals surface area contributed by atoms with E-state index in [-0.39, 0.29) is 23.4 Å². The molecular formula is C24H28N2O4S. The lowest BCUT2D eigenvalue weighted by molar-refractivity contribution is -0.121. The Labute approximate surface area is 183 Å². The highest BCUT2D eigenvalue weighted by Crippen LogP contribution is 2.25. The van der Waals surface area contributed by atoms with Gasteiger partial charge in [0.1, 0.15) is 5.75 Å². The van der Waals surface area contributed by atoms with Crippen molar-refractivity contribution in [1.82, 2.24) is 9.62 Å². The first kappa shape index (κ1) is 22.8. The Morgan fingerprint density at radius 1 is 1.06 bits per heavy atom. The molecule has 0 saturated carbocycles. The van der Waals surface area contributed by atoms with Crippen molar-refractivity contribution in [3.8, 4) is 5.75 Å². The Bertz CT molecular complexity index is 1190. The molecule has 3 aromatic rings. The number of aryl methyl sites for hydroxylation is 1. The first-order valence-electron chi connectivity index (χ1n) is 10.1. The molecule has 7 heteroatoms.